The minimum atomic E-state index is -0.171. The van der Waals surface area contributed by atoms with Crippen LogP contribution >= 0.6 is 43.2 Å². The summed E-state index contributed by atoms with van der Waals surface area (Å²) in [6.45, 7) is 1.90. The Morgan fingerprint density at radius 1 is 1.47 bits per heavy atom. The minimum absolute atomic E-state index is 0.171. The van der Waals surface area contributed by atoms with Crippen molar-refractivity contribution >= 4 is 54.9 Å². The monoisotopic (exact) mass is 375 g/mol. The molecule has 0 radical (unpaired) electrons. The van der Waals surface area contributed by atoms with Crippen molar-refractivity contribution in [2.24, 2.45) is 0 Å². The molecular formula is C10H7Br2N3OS. The molecular weight excluding hydrogens is 370 g/mol. The van der Waals surface area contributed by atoms with Gasteiger partial charge in [0.15, 0.2) is 5.82 Å². The summed E-state index contributed by atoms with van der Waals surface area (Å²) in [5.41, 5.74) is 0.952. The number of nitrogens with zero attached hydrogens (tertiary/aromatic N) is 2. The fraction of sp³-hybridized carbons (Fsp3) is 0.100. The van der Waals surface area contributed by atoms with Gasteiger partial charge in [0.1, 0.15) is 9.21 Å². The number of nitrogens with one attached hydrogen (secondary N) is 1. The van der Waals surface area contributed by atoms with Gasteiger partial charge in [-0.15, -0.1) is 11.3 Å². The molecule has 1 N–H and O–H groups in total. The molecule has 0 atom stereocenters. The third kappa shape index (κ3) is 2.91. The molecule has 1 amide bonds. The Hall–Kier alpha value is -0.790. The molecule has 0 aliphatic carbocycles. The summed E-state index contributed by atoms with van der Waals surface area (Å²) in [5.74, 6) is 0.237. The van der Waals surface area contributed by atoms with E-state index >= 15 is 0 Å². The van der Waals surface area contributed by atoms with Gasteiger partial charge < -0.3 is 5.32 Å². The van der Waals surface area contributed by atoms with Crippen LogP contribution in [0.3, 0.4) is 0 Å². The lowest BCUT2D eigenvalue weighted by Gasteiger charge is -2.05. The van der Waals surface area contributed by atoms with Gasteiger partial charge in [-0.2, -0.15) is 0 Å². The molecule has 88 valence electrons. The van der Waals surface area contributed by atoms with Crippen LogP contribution in [0.1, 0.15) is 15.2 Å². The number of hydrogen-bond acceptors (Lipinski definition) is 4. The first kappa shape index (κ1) is 12.7. The van der Waals surface area contributed by atoms with Gasteiger partial charge in [0.05, 0.1) is 11.1 Å². The molecule has 0 aliphatic heterocycles. The zero-order chi connectivity index (χ0) is 12.4. The van der Waals surface area contributed by atoms with Crippen molar-refractivity contribution in [2.45, 2.75) is 6.92 Å². The number of anilines is 1. The largest absolute Gasteiger partial charge is 0.304 e. The average molecular weight is 377 g/mol. The number of amides is 1. The third-order valence-electron chi connectivity index (χ3n) is 2.00. The predicted molar refractivity (Wildman–Crippen MR) is 74.4 cm³/mol. The van der Waals surface area contributed by atoms with Crippen molar-refractivity contribution in [2.75, 3.05) is 5.32 Å². The zero-order valence-corrected chi connectivity index (χ0v) is 12.7. The molecule has 2 aromatic heterocycles. The molecule has 0 spiro atoms. The number of halogens is 2. The molecule has 0 bridgehead atoms. The van der Waals surface area contributed by atoms with Crippen molar-refractivity contribution in [3.05, 3.63) is 37.3 Å². The molecule has 7 heteroatoms. The van der Waals surface area contributed by atoms with Gasteiger partial charge in [0, 0.05) is 0 Å². The summed E-state index contributed by atoms with van der Waals surface area (Å²) in [6, 6.07) is 1.90. The highest BCUT2D eigenvalue weighted by molar-refractivity contribution is 9.11. The van der Waals surface area contributed by atoms with Crippen molar-refractivity contribution in [1.82, 2.24) is 9.97 Å². The Kier molecular flexibility index (Phi) is 3.90. The molecule has 2 aromatic rings. The van der Waals surface area contributed by atoms with E-state index in [1.165, 1.54) is 17.5 Å². The highest BCUT2D eigenvalue weighted by Gasteiger charge is 2.13. The SMILES string of the molecule is Cc1ccsc1C(=O)Nc1ncc(Br)nc1Br. The maximum Gasteiger partial charge on any atom is 0.267 e. The lowest BCUT2D eigenvalue weighted by Crippen LogP contribution is -2.13. The van der Waals surface area contributed by atoms with Crippen LogP contribution in [0.5, 0.6) is 0 Å². The van der Waals surface area contributed by atoms with E-state index in [9.17, 15) is 4.79 Å². The number of carbonyl (C=O) groups is 1. The van der Waals surface area contributed by atoms with E-state index in [1.54, 1.807) is 0 Å². The van der Waals surface area contributed by atoms with Gasteiger partial charge in [-0.3, -0.25) is 4.79 Å². The number of aromatic nitrogens is 2. The number of carbonyl (C=O) groups excluding carboxylic acids is 1. The summed E-state index contributed by atoms with van der Waals surface area (Å²) in [4.78, 5) is 20.8. The number of rotatable bonds is 2. The predicted octanol–water partition coefficient (Wildman–Crippen LogP) is 3.62. The van der Waals surface area contributed by atoms with E-state index in [1.807, 2.05) is 18.4 Å². The first-order valence-electron chi connectivity index (χ1n) is 4.61. The lowest BCUT2D eigenvalue weighted by molar-refractivity contribution is 0.102. The van der Waals surface area contributed by atoms with E-state index in [0.29, 0.717) is 19.9 Å². The molecule has 0 unspecified atom stereocenters. The van der Waals surface area contributed by atoms with Crippen molar-refractivity contribution < 1.29 is 4.79 Å². The van der Waals surface area contributed by atoms with Gasteiger partial charge >= 0.3 is 0 Å². The van der Waals surface area contributed by atoms with Crippen molar-refractivity contribution in [3.63, 3.8) is 0 Å². The zero-order valence-electron chi connectivity index (χ0n) is 8.70. The van der Waals surface area contributed by atoms with E-state index < -0.39 is 0 Å². The third-order valence-corrected chi connectivity index (χ3v) is 3.95. The van der Waals surface area contributed by atoms with Gasteiger partial charge in [0.25, 0.3) is 5.91 Å². The maximum atomic E-state index is 11.9. The quantitative estimate of drug-likeness (QED) is 0.870. The fourth-order valence-electron chi connectivity index (χ4n) is 1.20. The Morgan fingerprint density at radius 2 is 2.24 bits per heavy atom. The molecule has 2 heterocycles. The average Bonchev–Trinajstić information content (AvgIpc) is 2.68. The first-order valence-corrected chi connectivity index (χ1v) is 7.08. The molecule has 0 fully saturated rings. The van der Waals surface area contributed by atoms with E-state index in [4.69, 9.17) is 0 Å². The Balaban J connectivity index is 2.22. The second-order valence-electron chi connectivity index (χ2n) is 3.22. The normalized spacial score (nSPS) is 10.3. The number of aryl methyl sites for hydroxylation is 1. The number of thiophene rings is 1. The van der Waals surface area contributed by atoms with Crippen LogP contribution in [-0.4, -0.2) is 15.9 Å². The Morgan fingerprint density at radius 3 is 2.82 bits per heavy atom. The van der Waals surface area contributed by atoms with Crippen LogP contribution in [0.25, 0.3) is 0 Å². The second-order valence-corrected chi connectivity index (χ2v) is 5.70. The topological polar surface area (TPSA) is 54.9 Å². The Bertz CT molecular complexity index is 570. The highest BCUT2D eigenvalue weighted by atomic mass is 79.9. The van der Waals surface area contributed by atoms with Crippen molar-refractivity contribution in [1.29, 1.82) is 0 Å². The van der Waals surface area contributed by atoms with E-state index in [0.717, 1.165) is 5.56 Å². The number of hydrogen-bond donors (Lipinski definition) is 1. The minimum Gasteiger partial charge on any atom is -0.304 e. The van der Waals surface area contributed by atoms with Crippen LogP contribution in [0.4, 0.5) is 5.82 Å². The standard InChI is InChI=1S/C10H7Br2N3OS/c1-5-2-3-17-7(5)10(16)15-9-8(12)14-6(11)4-13-9/h2-4H,1H3,(H,13,15,16). The maximum absolute atomic E-state index is 11.9. The first-order chi connectivity index (χ1) is 8.08. The van der Waals surface area contributed by atoms with Gasteiger partial charge in [0.2, 0.25) is 0 Å². The van der Waals surface area contributed by atoms with Gasteiger partial charge in [-0.1, -0.05) is 0 Å². The second kappa shape index (κ2) is 5.24. The highest BCUT2D eigenvalue weighted by Crippen LogP contribution is 2.22. The lowest BCUT2D eigenvalue weighted by atomic mass is 10.3. The van der Waals surface area contributed by atoms with Crippen LogP contribution in [-0.2, 0) is 0 Å². The smallest absolute Gasteiger partial charge is 0.267 e. The van der Waals surface area contributed by atoms with E-state index in [2.05, 4.69) is 47.1 Å². The molecule has 4 nitrogen and oxygen atoms in total. The fourth-order valence-corrected chi connectivity index (χ4v) is 2.93. The van der Waals surface area contributed by atoms with Gasteiger partial charge in [-0.05, 0) is 55.8 Å². The summed E-state index contributed by atoms with van der Waals surface area (Å²) in [6.07, 6.45) is 1.53. The molecule has 2 rings (SSSR count). The molecule has 0 saturated heterocycles. The molecule has 0 aliphatic rings. The summed E-state index contributed by atoms with van der Waals surface area (Å²) in [5, 5.41) is 4.59. The van der Waals surface area contributed by atoms with E-state index in [-0.39, 0.29) is 5.91 Å². The van der Waals surface area contributed by atoms with Crippen molar-refractivity contribution in [3.8, 4) is 0 Å². The molecule has 0 aromatic carbocycles. The van der Waals surface area contributed by atoms with Gasteiger partial charge in [-0.25, -0.2) is 9.97 Å². The Labute approximate surface area is 119 Å². The van der Waals surface area contributed by atoms with Crippen LogP contribution in [0, 0.1) is 6.92 Å². The summed E-state index contributed by atoms with van der Waals surface area (Å²) >= 11 is 7.84. The van der Waals surface area contributed by atoms with Crippen LogP contribution < -0.4 is 5.32 Å². The molecule has 0 saturated carbocycles. The summed E-state index contributed by atoms with van der Waals surface area (Å²) in [7, 11) is 0. The van der Waals surface area contributed by atoms with Crippen LogP contribution in [0.2, 0.25) is 0 Å². The summed E-state index contributed by atoms with van der Waals surface area (Å²) < 4.78 is 1.10. The van der Waals surface area contributed by atoms with Crippen LogP contribution in [0.15, 0.2) is 26.8 Å². The molecule has 17 heavy (non-hydrogen) atoms.